The summed E-state index contributed by atoms with van der Waals surface area (Å²) in [6, 6.07) is 30.2. The molecule has 0 fully saturated rings. The van der Waals surface area contributed by atoms with Crippen LogP contribution in [0.5, 0.6) is 0 Å². The van der Waals surface area contributed by atoms with E-state index in [1.807, 2.05) is 0 Å². The first-order valence-electron chi connectivity index (χ1n) is 12.4. The summed E-state index contributed by atoms with van der Waals surface area (Å²) in [4.78, 5) is 9.98. The van der Waals surface area contributed by atoms with Gasteiger partial charge >= 0.3 is 0 Å². The van der Waals surface area contributed by atoms with Crippen LogP contribution in [0.4, 0.5) is 0 Å². The number of hydrogen-bond donors (Lipinski definition) is 0. The molecule has 4 aromatic rings. The van der Waals surface area contributed by atoms with Crippen LogP contribution in [0.25, 0.3) is 21.5 Å². The third kappa shape index (κ3) is 4.18. The van der Waals surface area contributed by atoms with Crippen molar-refractivity contribution < 1.29 is 9.47 Å². The highest BCUT2D eigenvalue weighted by atomic mass is 16.5. The van der Waals surface area contributed by atoms with Gasteiger partial charge < -0.3 is 9.47 Å². The highest BCUT2D eigenvalue weighted by Gasteiger charge is 2.41. The van der Waals surface area contributed by atoms with Gasteiger partial charge in [-0.05, 0) is 59.4 Å². The summed E-state index contributed by atoms with van der Waals surface area (Å²) in [6.07, 6.45) is 1.72. The van der Waals surface area contributed by atoms with Crippen LogP contribution in [0, 0.1) is 5.41 Å². The maximum absolute atomic E-state index is 6.13. The van der Waals surface area contributed by atoms with Crippen molar-refractivity contribution in [3.63, 3.8) is 0 Å². The number of benzene rings is 4. The number of nitrogens with zero attached hydrogens (tertiary/aromatic N) is 2. The summed E-state index contributed by atoms with van der Waals surface area (Å²) in [5.41, 5.74) is 2.13. The van der Waals surface area contributed by atoms with Crippen LogP contribution >= 0.6 is 0 Å². The van der Waals surface area contributed by atoms with Crippen LogP contribution in [-0.2, 0) is 22.3 Å². The van der Waals surface area contributed by atoms with Crippen molar-refractivity contribution in [2.75, 3.05) is 13.2 Å². The molecule has 176 valence electrons. The SMILES string of the molecule is CC(C)(C1=N[C@@H](Cc2cccc3ccccc23)CO1)C1=N[C@@H](Cc2cccc3ccccc23)CO1. The fourth-order valence-corrected chi connectivity index (χ4v) is 5.26. The van der Waals surface area contributed by atoms with Gasteiger partial charge in [-0.2, -0.15) is 0 Å². The first-order chi connectivity index (χ1) is 17.1. The molecule has 0 aromatic heterocycles. The average Bonchev–Trinajstić information content (AvgIpc) is 3.55. The van der Waals surface area contributed by atoms with Crippen molar-refractivity contribution in [3.05, 3.63) is 96.1 Å². The Morgan fingerprint density at radius 2 is 1.06 bits per heavy atom. The Hall–Kier alpha value is -3.66. The third-order valence-corrected chi connectivity index (χ3v) is 7.16. The van der Waals surface area contributed by atoms with E-state index < -0.39 is 5.41 Å². The standard InChI is InChI=1S/C31H30N2O2/c1-31(2,29-32-25(19-34-29)17-23-13-7-11-21-9-3-5-15-27(21)23)30-33-26(20-35-30)18-24-14-8-12-22-10-4-6-16-28(22)24/h3-16,25-26H,17-20H2,1-2H3/t25-,26-/m0/s1. The first kappa shape index (κ1) is 21.8. The maximum Gasteiger partial charge on any atom is 0.199 e. The summed E-state index contributed by atoms with van der Waals surface area (Å²) in [5, 5.41) is 5.11. The minimum absolute atomic E-state index is 0.101. The van der Waals surface area contributed by atoms with Gasteiger partial charge in [0.25, 0.3) is 0 Å². The third-order valence-electron chi connectivity index (χ3n) is 7.16. The van der Waals surface area contributed by atoms with Crippen LogP contribution in [0.15, 0.2) is 94.9 Å². The van der Waals surface area contributed by atoms with E-state index in [2.05, 4.69) is 98.8 Å². The lowest BCUT2D eigenvalue weighted by Crippen LogP contribution is -2.34. The lowest BCUT2D eigenvalue weighted by atomic mass is 9.92. The Morgan fingerprint density at radius 3 is 1.54 bits per heavy atom. The first-order valence-corrected chi connectivity index (χ1v) is 12.4. The van der Waals surface area contributed by atoms with E-state index >= 15 is 0 Å². The van der Waals surface area contributed by atoms with Gasteiger partial charge in [-0.3, -0.25) is 0 Å². The molecule has 0 unspecified atom stereocenters. The summed E-state index contributed by atoms with van der Waals surface area (Å²) in [5.74, 6) is 1.46. The van der Waals surface area contributed by atoms with Crippen LogP contribution in [-0.4, -0.2) is 37.1 Å². The monoisotopic (exact) mass is 462 g/mol. The van der Waals surface area contributed by atoms with Crippen LogP contribution < -0.4 is 0 Å². The quantitative estimate of drug-likeness (QED) is 0.333. The molecule has 0 aliphatic carbocycles. The molecule has 2 aliphatic heterocycles. The molecular weight excluding hydrogens is 432 g/mol. The highest BCUT2D eigenvalue weighted by Crippen LogP contribution is 2.31. The van der Waals surface area contributed by atoms with Gasteiger partial charge in [0.15, 0.2) is 11.8 Å². The van der Waals surface area contributed by atoms with Gasteiger partial charge in [0.1, 0.15) is 18.6 Å². The minimum Gasteiger partial charge on any atom is -0.478 e. The molecule has 0 saturated heterocycles. The van der Waals surface area contributed by atoms with Crippen LogP contribution in [0.2, 0.25) is 0 Å². The lowest BCUT2D eigenvalue weighted by molar-refractivity contribution is 0.263. The van der Waals surface area contributed by atoms with Crippen molar-refractivity contribution in [1.29, 1.82) is 0 Å². The molecule has 35 heavy (non-hydrogen) atoms. The van der Waals surface area contributed by atoms with E-state index in [1.54, 1.807) is 0 Å². The Bertz CT molecular complexity index is 1330. The van der Waals surface area contributed by atoms with Gasteiger partial charge in [-0.25, -0.2) is 9.98 Å². The zero-order chi connectivity index (χ0) is 23.8. The van der Waals surface area contributed by atoms with Gasteiger partial charge in [-0.15, -0.1) is 0 Å². The van der Waals surface area contributed by atoms with Gasteiger partial charge in [0.2, 0.25) is 0 Å². The molecule has 0 N–H and O–H groups in total. The summed E-state index contributed by atoms with van der Waals surface area (Å²) in [6.45, 7) is 5.39. The van der Waals surface area contributed by atoms with Crippen molar-refractivity contribution in [3.8, 4) is 0 Å². The van der Waals surface area contributed by atoms with Gasteiger partial charge in [0, 0.05) is 0 Å². The minimum atomic E-state index is -0.485. The molecule has 0 radical (unpaired) electrons. The van der Waals surface area contributed by atoms with Crippen molar-refractivity contribution in [2.24, 2.45) is 15.4 Å². The lowest BCUT2D eigenvalue weighted by Gasteiger charge is -2.22. The Labute approximate surface area is 206 Å². The second kappa shape index (κ2) is 8.84. The van der Waals surface area contributed by atoms with Crippen LogP contribution in [0.3, 0.4) is 0 Å². The molecule has 2 heterocycles. The van der Waals surface area contributed by atoms with Gasteiger partial charge in [0.05, 0.1) is 12.1 Å². The molecule has 2 atom stereocenters. The molecule has 0 bridgehead atoms. The molecule has 0 saturated carbocycles. The smallest absolute Gasteiger partial charge is 0.199 e. The summed E-state index contributed by atoms with van der Waals surface area (Å²) < 4.78 is 12.3. The predicted molar refractivity (Wildman–Crippen MR) is 143 cm³/mol. The molecule has 4 aromatic carbocycles. The van der Waals surface area contributed by atoms with E-state index in [-0.39, 0.29) is 12.1 Å². The zero-order valence-corrected chi connectivity index (χ0v) is 20.3. The maximum atomic E-state index is 6.13. The summed E-state index contributed by atoms with van der Waals surface area (Å²) in [7, 11) is 0. The number of ether oxygens (including phenoxy) is 2. The van der Waals surface area contributed by atoms with Crippen LogP contribution in [0.1, 0.15) is 25.0 Å². The molecule has 4 nitrogen and oxygen atoms in total. The molecule has 4 heteroatoms. The fraction of sp³-hybridized carbons (Fsp3) is 0.290. The fourth-order valence-electron chi connectivity index (χ4n) is 5.26. The molecule has 0 amide bonds. The van der Waals surface area contributed by atoms with E-state index in [9.17, 15) is 0 Å². The number of hydrogen-bond acceptors (Lipinski definition) is 4. The van der Waals surface area contributed by atoms with Crippen molar-refractivity contribution >= 4 is 33.3 Å². The normalized spacial score (nSPS) is 19.9. The van der Waals surface area contributed by atoms with Gasteiger partial charge in [-0.1, -0.05) is 84.9 Å². The molecule has 0 spiro atoms. The largest absolute Gasteiger partial charge is 0.478 e. The Kier molecular flexibility index (Phi) is 5.52. The Balaban J connectivity index is 1.19. The highest BCUT2D eigenvalue weighted by molar-refractivity contribution is 6.05. The molecule has 6 rings (SSSR count). The second-order valence-corrected chi connectivity index (χ2v) is 10.1. The number of fused-ring (bicyclic) bond motifs is 2. The molecule has 2 aliphatic rings. The number of aliphatic imine (C=N–C) groups is 2. The second-order valence-electron chi connectivity index (χ2n) is 10.1. The predicted octanol–water partition coefficient (Wildman–Crippen LogP) is 6.40. The number of rotatable bonds is 6. The molecular formula is C31H30N2O2. The van der Waals surface area contributed by atoms with Crippen molar-refractivity contribution in [2.45, 2.75) is 38.8 Å². The van der Waals surface area contributed by atoms with E-state index in [1.165, 1.54) is 32.7 Å². The van der Waals surface area contributed by atoms with E-state index in [0.29, 0.717) is 13.2 Å². The van der Waals surface area contributed by atoms with E-state index in [0.717, 1.165) is 24.6 Å². The Morgan fingerprint density at radius 1 is 0.629 bits per heavy atom. The topological polar surface area (TPSA) is 43.2 Å². The zero-order valence-electron chi connectivity index (χ0n) is 20.3. The van der Waals surface area contributed by atoms with E-state index in [4.69, 9.17) is 19.5 Å². The van der Waals surface area contributed by atoms with Crippen molar-refractivity contribution in [1.82, 2.24) is 0 Å². The average molecular weight is 463 g/mol. The summed E-state index contributed by atoms with van der Waals surface area (Å²) >= 11 is 0.